The lowest BCUT2D eigenvalue weighted by molar-refractivity contribution is -0.122. The van der Waals surface area contributed by atoms with Crippen molar-refractivity contribution in [3.8, 4) is 0 Å². The Morgan fingerprint density at radius 1 is 1.36 bits per heavy atom. The summed E-state index contributed by atoms with van der Waals surface area (Å²) >= 11 is 0. The molecule has 9 heteroatoms. The zero-order chi connectivity index (χ0) is 19.8. The first kappa shape index (κ1) is 20.3. The maximum Gasteiger partial charge on any atom is 0.234 e. The molecule has 1 aromatic heterocycles. The highest BCUT2D eigenvalue weighted by Gasteiger charge is 2.25. The highest BCUT2D eigenvalue weighted by atomic mass is 16.2. The van der Waals surface area contributed by atoms with E-state index in [1.807, 2.05) is 10.6 Å². The average Bonchev–Trinajstić information content (AvgIpc) is 3.39. The molecule has 0 bridgehead atoms. The molecule has 2 fully saturated rings. The summed E-state index contributed by atoms with van der Waals surface area (Å²) < 4.78 is 2.05. The molecule has 0 radical (unpaired) electrons. The molecule has 1 amide bonds. The Kier molecular flexibility index (Phi) is 7.41. The molecule has 1 aromatic rings. The monoisotopic (exact) mass is 388 g/mol. The van der Waals surface area contributed by atoms with Crippen LogP contribution in [0.5, 0.6) is 0 Å². The molecule has 0 unspecified atom stereocenters. The average molecular weight is 389 g/mol. The van der Waals surface area contributed by atoms with Gasteiger partial charge in [0.25, 0.3) is 0 Å². The van der Waals surface area contributed by atoms with Crippen LogP contribution in [0.4, 0.5) is 0 Å². The standard InChI is InChI=1S/C19H32N8O/c1-3-7-20-19(21-8-9-27-15-22-24-17(27)4-2)26-12-10-25(11-13-26)14-18(28)23-16-5-6-16/h3,15-16H,1,4-14H2,2H3,(H,20,21)(H,23,28). The zero-order valence-corrected chi connectivity index (χ0v) is 16.8. The molecule has 9 nitrogen and oxygen atoms in total. The van der Waals surface area contributed by atoms with Crippen LogP contribution in [0.25, 0.3) is 0 Å². The van der Waals surface area contributed by atoms with E-state index in [9.17, 15) is 4.79 Å². The summed E-state index contributed by atoms with van der Waals surface area (Å²) in [4.78, 5) is 21.2. The van der Waals surface area contributed by atoms with E-state index in [1.54, 1.807) is 6.33 Å². The van der Waals surface area contributed by atoms with Crippen molar-refractivity contribution in [3.63, 3.8) is 0 Å². The molecular weight excluding hydrogens is 356 g/mol. The van der Waals surface area contributed by atoms with Gasteiger partial charge in [0.05, 0.1) is 13.1 Å². The van der Waals surface area contributed by atoms with E-state index in [4.69, 9.17) is 4.99 Å². The van der Waals surface area contributed by atoms with Gasteiger partial charge in [-0.05, 0) is 12.8 Å². The molecule has 0 aromatic carbocycles. The number of guanidine groups is 1. The third kappa shape index (κ3) is 6.05. The molecule has 1 saturated carbocycles. The van der Waals surface area contributed by atoms with E-state index in [0.717, 1.165) is 63.8 Å². The van der Waals surface area contributed by atoms with Crippen LogP contribution in [0.2, 0.25) is 0 Å². The summed E-state index contributed by atoms with van der Waals surface area (Å²) in [6.45, 7) is 11.9. The van der Waals surface area contributed by atoms with Crippen LogP contribution in [0.1, 0.15) is 25.6 Å². The van der Waals surface area contributed by atoms with Gasteiger partial charge in [-0.2, -0.15) is 0 Å². The molecule has 0 spiro atoms. The van der Waals surface area contributed by atoms with Gasteiger partial charge in [0.1, 0.15) is 12.2 Å². The van der Waals surface area contributed by atoms with Crippen LogP contribution in [0, 0.1) is 0 Å². The zero-order valence-electron chi connectivity index (χ0n) is 16.8. The maximum absolute atomic E-state index is 12.0. The summed E-state index contributed by atoms with van der Waals surface area (Å²) in [5, 5.41) is 14.5. The van der Waals surface area contributed by atoms with Crippen molar-refractivity contribution in [2.75, 3.05) is 45.8 Å². The number of hydrogen-bond acceptors (Lipinski definition) is 5. The van der Waals surface area contributed by atoms with Gasteiger partial charge in [0, 0.05) is 51.7 Å². The number of aromatic nitrogens is 3. The number of nitrogens with one attached hydrogen (secondary N) is 2. The Bertz CT molecular complexity index is 673. The van der Waals surface area contributed by atoms with Crippen LogP contribution < -0.4 is 10.6 Å². The second kappa shape index (κ2) is 10.2. The van der Waals surface area contributed by atoms with E-state index in [1.165, 1.54) is 0 Å². The van der Waals surface area contributed by atoms with Crippen molar-refractivity contribution in [1.82, 2.24) is 35.2 Å². The molecule has 2 aliphatic rings. The van der Waals surface area contributed by atoms with Gasteiger partial charge in [-0.15, -0.1) is 16.8 Å². The molecule has 3 rings (SSSR count). The fourth-order valence-electron chi connectivity index (χ4n) is 3.26. The summed E-state index contributed by atoms with van der Waals surface area (Å²) in [6, 6.07) is 0.426. The van der Waals surface area contributed by atoms with Crippen molar-refractivity contribution in [1.29, 1.82) is 0 Å². The van der Waals surface area contributed by atoms with Crippen molar-refractivity contribution in [3.05, 3.63) is 24.8 Å². The fourth-order valence-corrected chi connectivity index (χ4v) is 3.26. The van der Waals surface area contributed by atoms with Crippen molar-refractivity contribution >= 4 is 11.9 Å². The number of rotatable bonds is 9. The van der Waals surface area contributed by atoms with E-state index in [0.29, 0.717) is 25.7 Å². The van der Waals surface area contributed by atoms with Crippen LogP contribution in [0.15, 0.2) is 24.0 Å². The second-order valence-electron chi connectivity index (χ2n) is 7.27. The van der Waals surface area contributed by atoms with Crippen molar-refractivity contribution in [2.24, 2.45) is 4.99 Å². The van der Waals surface area contributed by atoms with E-state index < -0.39 is 0 Å². The lowest BCUT2D eigenvalue weighted by Gasteiger charge is -2.36. The number of amides is 1. The van der Waals surface area contributed by atoms with E-state index in [2.05, 4.69) is 44.1 Å². The molecule has 1 aliphatic heterocycles. The molecule has 1 aliphatic carbocycles. The van der Waals surface area contributed by atoms with Gasteiger partial charge in [-0.1, -0.05) is 13.0 Å². The minimum Gasteiger partial charge on any atom is -0.353 e. The van der Waals surface area contributed by atoms with Crippen LogP contribution >= 0.6 is 0 Å². The van der Waals surface area contributed by atoms with Crippen molar-refractivity contribution < 1.29 is 4.79 Å². The van der Waals surface area contributed by atoms with Crippen molar-refractivity contribution in [2.45, 2.75) is 38.8 Å². The number of piperazine rings is 1. The van der Waals surface area contributed by atoms with Crippen LogP contribution in [0.3, 0.4) is 0 Å². The van der Waals surface area contributed by atoms with Gasteiger partial charge in [-0.25, -0.2) is 0 Å². The van der Waals surface area contributed by atoms with Crippen LogP contribution in [-0.4, -0.2) is 88.3 Å². The van der Waals surface area contributed by atoms with Gasteiger partial charge < -0.3 is 20.1 Å². The molecule has 1 saturated heterocycles. The number of carbonyl (C=O) groups excluding carboxylic acids is 1. The molecule has 2 heterocycles. The number of aryl methyl sites for hydroxylation is 1. The molecule has 2 N–H and O–H groups in total. The first-order chi connectivity index (χ1) is 13.7. The number of carbonyl (C=O) groups is 1. The largest absolute Gasteiger partial charge is 0.353 e. The SMILES string of the molecule is C=CCNC(=NCCn1cnnc1CC)N1CCN(CC(=O)NC2CC2)CC1. The third-order valence-electron chi connectivity index (χ3n) is 5.00. The number of aliphatic imine (C=N–C) groups is 1. The first-order valence-corrected chi connectivity index (χ1v) is 10.2. The molecule has 28 heavy (non-hydrogen) atoms. The predicted molar refractivity (Wildman–Crippen MR) is 109 cm³/mol. The van der Waals surface area contributed by atoms with Gasteiger partial charge in [0.2, 0.25) is 5.91 Å². The predicted octanol–water partition coefficient (Wildman–Crippen LogP) is -0.132. The lowest BCUT2D eigenvalue weighted by atomic mass is 10.3. The summed E-state index contributed by atoms with van der Waals surface area (Å²) in [5.41, 5.74) is 0. The highest BCUT2D eigenvalue weighted by molar-refractivity contribution is 5.80. The van der Waals surface area contributed by atoms with E-state index >= 15 is 0 Å². The Morgan fingerprint density at radius 2 is 2.14 bits per heavy atom. The van der Waals surface area contributed by atoms with Gasteiger partial charge in [-0.3, -0.25) is 14.7 Å². The quantitative estimate of drug-likeness (QED) is 0.348. The Balaban J connectivity index is 1.48. The topological polar surface area (TPSA) is 90.7 Å². The minimum absolute atomic E-state index is 0.148. The molecule has 154 valence electrons. The molecular formula is C19H32N8O. The second-order valence-corrected chi connectivity index (χ2v) is 7.27. The van der Waals surface area contributed by atoms with Gasteiger partial charge in [0.15, 0.2) is 5.96 Å². The smallest absolute Gasteiger partial charge is 0.234 e. The minimum atomic E-state index is 0.148. The third-order valence-corrected chi connectivity index (χ3v) is 5.00. The molecule has 0 atom stereocenters. The summed E-state index contributed by atoms with van der Waals surface area (Å²) in [6.07, 6.45) is 6.72. The highest BCUT2D eigenvalue weighted by Crippen LogP contribution is 2.18. The summed E-state index contributed by atoms with van der Waals surface area (Å²) in [7, 11) is 0. The lowest BCUT2D eigenvalue weighted by Crippen LogP contribution is -2.54. The Labute approximate surface area is 166 Å². The summed E-state index contributed by atoms with van der Waals surface area (Å²) in [5.74, 6) is 2.03. The first-order valence-electron chi connectivity index (χ1n) is 10.2. The maximum atomic E-state index is 12.0. The number of hydrogen-bond donors (Lipinski definition) is 2. The Hall–Kier alpha value is -2.42. The normalized spacial score (nSPS) is 18.2. The fraction of sp³-hybridized carbons (Fsp3) is 0.684. The number of nitrogens with zero attached hydrogens (tertiary/aromatic N) is 6. The van der Waals surface area contributed by atoms with E-state index in [-0.39, 0.29) is 5.91 Å². The van der Waals surface area contributed by atoms with Gasteiger partial charge >= 0.3 is 0 Å². The Morgan fingerprint density at radius 3 is 2.82 bits per heavy atom. The van der Waals surface area contributed by atoms with Crippen LogP contribution in [-0.2, 0) is 17.8 Å².